The number of carbonyl (C=O) groups excluding carboxylic acids is 1. The van der Waals surface area contributed by atoms with Gasteiger partial charge in [0, 0.05) is 32.7 Å². The first-order valence-corrected chi connectivity index (χ1v) is 13.2. The summed E-state index contributed by atoms with van der Waals surface area (Å²) >= 11 is 0. The summed E-state index contributed by atoms with van der Waals surface area (Å²) in [5.74, 6) is 1.79. The second kappa shape index (κ2) is 11.5. The molecule has 0 spiro atoms. The summed E-state index contributed by atoms with van der Waals surface area (Å²) in [4.78, 5) is 35.3. The van der Waals surface area contributed by atoms with Crippen LogP contribution >= 0.6 is 0 Å². The highest BCUT2D eigenvalue weighted by Crippen LogP contribution is 2.23. The normalized spacial score (nSPS) is 18.6. The Labute approximate surface area is 222 Å². The molecular formula is C26H36N8O4. The summed E-state index contributed by atoms with van der Waals surface area (Å²) in [6.45, 7) is 10.7. The fourth-order valence-electron chi connectivity index (χ4n) is 4.53. The molecule has 2 aliphatic rings. The van der Waals surface area contributed by atoms with E-state index in [0.717, 1.165) is 37.0 Å². The van der Waals surface area contributed by atoms with Gasteiger partial charge in [0.2, 0.25) is 17.8 Å². The van der Waals surface area contributed by atoms with Crippen LogP contribution in [0.5, 0.6) is 0 Å². The highest BCUT2D eigenvalue weighted by Gasteiger charge is 2.26. The predicted octanol–water partition coefficient (Wildman–Crippen LogP) is 2.56. The van der Waals surface area contributed by atoms with Crippen LogP contribution in [-0.4, -0.2) is 94.8 Å². The van der Waals surface area contributed by atoms with Crippen LogP contribution in [-0.2, 0) is 14.2 Å². The standard InChI is InChI=1S/C26H36N8O4/c1-26(2,3)38-25(35)27-10-6-7-19-17-33(13-16-37-19)23-29-22(32-11-14-36-15-12-32)30-24(31-23)34-18-28-20-8-4-5-9-21(20)34/h4-5,8-9,18-19H,6-7,10-17H2,1-3H3,(H,27,35). The average Bonchev–Trinajstić information content (AvgIpc) is 3.35. The first-order chi connectivity index (χ1) is 18.4. The Hall–Kier alpha value is -3.51. The van der Waals surface area contributed by atoms with E-state index < -0.39 is 11.7 Å². The van der Waals surface area contributed by atoms with Crippen molar-refractivity contribution < 1.29 is 19.0 Å². The van der Waals surface area contributed by atoms with Gasteiger partial charge in [0.15, 0.2) is 0 Å². The van der Waals surface area contributed by atoms with E-state index in [0.29, 0.717) is 57.3 Å². The molecule has 2 saturated heterocycles. The Morgan fingerprint density at radius 2 is 1.74 bits per heavy atom. The number of carbonyl (C=O) groups is 1. The summed E-state index contributed by atoms with van der Waals surface area (Å²) in [6, 6.07) is 7.93. The van der Waals surface area contributed by atoms with Crippen molar-refractivity contribution >= 4 is 29.0 Å². The van der Waals surface area contributed by atoms with Crippen LogP contribution in [0.1, 0.15) is 33.6 Å². The summed E-state index contributed by atoms with van der Waals surface area (Å²) in [7, 11) is 0. The van der Waals surface area contributed by atoms with E-state index in [1.165, 1.54) is 0 Å². The van der Waals surface area contributed by atoms with E-state index in [4.69, 9.17) is 29.2 Å². The number of imidazole rings is 1. The maximum absolute atomic E-state index is 11.9. The highest BCUT2D eigenvalue weighted by atomic mass is 16.6. The number of amides is 1. The lowest BCUT2D eigenvalue weighted by Gasteiger charge is -2.34. The molecule has 5 rings (SSSR count). The summed E-state index contributed by atoms with van der Waals surface area (Å²) < 4.78 is 18.8. The molecule has 1 atom stereocenters. The molecular weight excluding hydrogens is 488 g/mol. The number of anilines is 2. The predicted molar refractivity (Wildman–Crippen MR) is 143 cm³/mol. The quantitative estimate of drug-likeness (QED) is 0.462. The van der Waals surface area contributed by atoms with Gasteiger partial charge in [-0.2, -0.15) is 15.0 Å². The van der Waals surface area contributed by atoms with Gasteiger partial charge in [0.05, 0.1) is 37.0 Å². The smallest absolute Gasteiger partial charge is 0.407 e. The van der Waals surface area contributed by atoms with Gasteiger partial charge in [-0.1, -0.05) is 12.1 Å². The van der Waals surface area contributed by atoms with Gasteiger partial charge >= 0.3 is 6.09 Å². The number of para-hydroxylation sites is 2. The van der Waals surface area contributed by atoms with Crippen LogP contribution < -0.4 is 15.1 Å². The van der Waals surface area contributed by atoms with Gasteiger partial charge in [-0.3, -0.25) is 4.57 Å². The Kier molecular flexibility index (Phi) is 7.89. The molecule has 1 unspecified atom stereocenters. The zero-order chi connectivity index (χ0) is 26.5. The van der Waals surface area contributed by atoms with Crippen molar-refractivity contribution in [2.75, 3.05) is 62.3 Å². The van der Waals surface area contributed by atoms with Crippen LogP contribution in [0.3, 0.4) is 0 Å². The Morgan fingerprint density at radius 1 is 1.03 bits per heavy atom. The molecule has 2 aromatic heterocycles. The number of nitrogens with zero attached hydrogens (tertiary/aromatic N) is 7. The molecule has 1 amide bonds. The Balaban J connectivity index is 1.30. The van der Waals surface area contributed by atoms with Crippen molar-refractivity contribution in [3.63, 3.8) is 0 Å². The molecule has 4 heterocycles. The SMILES string of the molecule is CC(C)(C)OC(=O)NCCCC1CN(c2nc(N3CCOCC3)nc(-n3cnc4ccccc43)n2)CCO1. The second-order valence-electron chi connectivity index (χ2n) is 10.4. The molecule has 1 N–H and O–H groups in total. The van der Waals surface area contributed by atoms with Crippen LogP contribution in [0.4, 0.5) is 16.7 Å². The van der Waals surface area contributed by atoms with E-state index >= 15 is 0 Å². The van der Waals surface area contributed by atoms with Crippen molar-refractivity contribution in [3.05, 3.63) is 30.6 Å². The van der Waals surface area contributed by atoms with Crippen LogP contribution in [0.15, 0.2) is 30.6 Å². The highest BCUT2D eigenvalue weighted by molar-refractivity contribution is 5.76. The minimum atomic E-state index is -0.510. The number of alkyl carbamates (subject to hydrolysis) is 1. The van der Waals surface area contributed by atoms with E-state index in [1.54, 1.807) is 6.33 Å². The Bertz CT molecular complexity index is 1240. The van der Waals surface area contributed by atoms with Gasteiger partial charge < -0.3 is 29.3 Å². The lowest BCUT2D eigenvalue weighted by atomic mass is 10.1. The molecule has 204 valence electrons. The monoisotopic (exact) mass is 524 g/mol. The van der Waals surface area contributed by atoms with Crippen LogP contribution in [0.2, 0.25) is 0 Å². The van der Waals surface area contributed by atoms with Gasteiger partial charge in [-0.25, -0.2) is 9.78 Å². The number of aromatic nitrogens is 5. The van der Waals surface area contributed by atoms with Gasteiger partial charge in [-0.05, 0) is 45.7 Å². The number of fused-ring (bicyclic) bond motifs is 1. The van der Waals surface area contributed by atoms with E-state index in [9.17, 15) is 4.79 Å². The minimum Gasteiger partial charge on any atom is -0.444 e. The van der Waals surface area contributed by atoms with Crippen LogP contribution in [0, 0.1) is 0 Å². The number of benzene rings is 1. The van der Waals surface area contributed by atoms with E-state index in [-0.39, 0.29) is 6.10 Å². The number of hydrogen-bond donors (Lipinski definition) is 1. The summed E-state index contributed by atoms with van der Waals surface area (Å²) in [5, 5.41) is 2.82. The summed E-state index contributed by atoms with van der Waals surface area (Å²) in [6.07, 6.45) is 2.94. The minimum absolute atomic E-state index is 0.00492. The van der Waals surface area contributed by atoms with E-state index in [1.807, 2.05) is 49.6 Å². The van der Waals surface area contributed by atoms with Gasteiger partial charge in [-0.15, -0.1) is 0 Å². The first kappa shape index (κ1) is 26.1. The van der Waals surface area contributed by atoms with Crippen molar-refractivity contribution in [1.29, 1.82) is 0 Å². The summed E-state index contributed by atoms with van der Waals surface area (Å²) in [5.41, 5.74) is 1.31. The Morgan fingerprint density at radius 3 is 2.53 bits per heavy atom. The molecule has 2 fully saturated rings. The third-order valence-electron chi connectivity index (χ3n) is 6.36. The molecule has 2 aliphatic heterocycles. The average molecular weight is 525 g/mol. The fraction of sp³-hybridized carbons (Fsp3) is 0.577. The van der Waals surface area contributed by atoms with Gasteiger partial charge in [0.25, 0.3) is 0 Å². The number of nitrogens with one attached hydrogen (secondary N) is 1. The maximum atomic E-state index is 11.9. The number of rotatable bonds is 7. The number of ether oxygens (including phenoxy) is 3. The lowest BCUT2D eigenvalue weighted by molar-refractivity contribution is 0.0323. The maximum Gasteiger partial charge on any atom is 0.407 e. The fourth-order valence-corrected chi connectivity index (χ4v) is 4.53. The molecule has 0 saturated carbocycles. The largest absolute Gasteiger partial charge is 0.444 e. The molecule has 0 radical (unpaired) electrons. The van der Waals surface area contributed by atoms with E-state index in [2.05, 4.69) is 20.1 Å². The van der Waals surface area contributed by atoms with Crippen molar-refractivity contribution in [2.45, 2.75) is 45.3 Å². The molecule has 1 aromatic carbocycles. The molecule has 12 heteroatoms. The molecule has 38 heavy (non-hydrogen) atoms. The zero-order valence-electron chi connectivity index (χ0n) is 22.3. The van der Waals surface area contributed by atoms with Crippen molar-refractivity contribution in [2.24, 2.45) is 0 Å². The van der Waals surface area contributed by atoms with Crippen molar-refractivity contribution in [3.8, 4) is 5.95 Å². The number of hydrogen-bond acceptors (Lipinski definition) is 10. The van der Waals surface area contributed by atoms with Gasteiger partial charge in [0.1, 0.15) is 11.9 Å². The number of morpholine rings is 2. The topological polar surface area (TPSA) is 120 Å². The first-order valence-electron chi connectivity index (χ1n) is 13.2. The lowest BCUT2D eigenvalue weighted by Crippen LogP contribution is -2.44. The molecule has 0 bridgehead atoms. The second-order valence-corrected chi connectivity index (χ2v) is 10.4. The molecule has 3 aromatic rings. The third-order valence-corrected chi connectivity index (χ3v) is 6.36. The van der Waals surface area contributed by atoms with Crippen LogP contribution in [0.25, 0.3) is 17.0 Å². The molecule has 12 nitrogen and oxygen atoms in total. The third kappa shape index (κ3) is 6.48. The molecule has 0 aliphatic carbocycles. The zero-order valence-corrected chi connectivity index (χ0v) is 22.3. The van der Waals surface area contributed by atoms with Crippen molar-refractivity contribution in [1.82, 2.24) is 29.8 Å².